The Morgan fingerprint density at radius 3 is 2.84 bits per heavy atom. The van der Waals surface area contributed by atoms with Gasteiger partial charge >= 0.3 is 0 Å². The topological polar surface area (TPSA) is 46.3 Å². The molecule has 1 aromatic rings. The van der Waals surface area contributed by atoms with Crippen molar-refractivity contribution < 1.29 is 4.79 Å². The summed E-state index contributed by atoms with van der Waals surface area (Å²) in [5.41, 5.74) is 5.60. The minimum Gasteiger partial charge on any atom is -0.393 e. The Kier molecular flexibility index (Phi) is 7.02. The van der Waals surface area contributed by atoms with E-state index in [4.69, 9.17) is 18.0 Å². The average Bonchev–Trinajstić information content (AvgIpc) is 2.88. The fraction of sp³-hybridized carbons (Fsp3) is 0.571. The molecular formula is C14H22N2OS2. The predicted octanol–water partition coefficient (Wildman–Crippen LogP) is 2.84. The number of rotatable bonds is 8. The number of hydrogen-bond donors (Lipinski definition) is 1. The van der Waals surface area contributed by atoms with Crippen LogP contribution in [-0.4, -0.2) is 28.9 Å². The fourth-order valence-electron chi connectivity index (χ4n) is 1.85. The molecule has 0 saturated heterocycles. The molecule has 5 heteroatoms. The van der Waals surface area contributed by atoms with Gasteiger partial charge in [-0.1, -0.05) is 25.2 Å². The maximum Gasteiger partial charge on any atom is 0.222 e. The minimum atomic E-state index is 0.0798. The Labute approximate surface area is 124 Å². The zero-order chi connectivity index (χ0) is 14.3. The van der Waals surface area contributed by atoms with E-state index in [0.29, 0.717) is 24.5 Å². The Morgan fingerprint density at radius 1 is 1.58 bits per heavy atom. The van der Waals surface area contributed by atoms with Crippen LogP contribution in [-0.2, 0) is 11.2 Å². The van der Waals surface area contributed by atoms with E-state index >= 15 is 0 Å². The number of thiophene rings is 1. The van der Waals surface area contributed by atoms with Gasteiger partial charge in [-0.05, 0) is 31.2 Å². The van der Waals surface area contributed by atoms with Gasteiger partial charge in [-0.25, -0.2) is 0 Å². The summed E-state index contributed by atoms with van der Waals surface area (Å²) in [6.45, 7) is 5.29. The highest BCUT2D eigenvalue weighted by atomic mass is 32.1. The molecule has 0 radical (unpaired) electrons. The molecule has 19 heavy (non-hydrogen) atoms. The Hall–Kier alpha value is -0.940. The second-order valence-electron chi connectivity index (χ2n) is 4.67. The maximum atomic E-state index is 12.1. The standard InChI is InChI=1S/C14H22N2OS2/c1-3-16(10-11(2)14(15)18)13(17)8-4-6-12-7-5-9-19-12/h5,7,9,11H,3-4,6,8,10H2,1-2H3,(H2,15,18). The van der Waals surface area contributed by atoms with E-state index in [0.717, 1.165) is 12.8 Å². The van der Waals surface area contributed by atoms with Crippen LogP contribution in [0.4, 0.5) is 0 Å². The summed E-state index contributed by atoms with van der Waals surface area (Å²) in [6.07, 6.45) is 2.47. The lowest BCUT2D eigenvalue weighted by molar-refractivity contribution is -0.131. The predicted molar refractivity (Wildman–Crippen MR) is 85.5 cm³/mol. The number of carbonyl (C=O) groups is 1. The third-order valence-electron chi connectivity index (χ3n) is 3.11. The molecule has 1 amide bonds. The smallest absolute Gasteiger partial charge is 0.222 e. The molecule has 1 atom stereocenters. The van der Waals surface area contributed by atoms with E-state index in [2.05, 4.69) is 11.4 Å². The quantitative estimate of drug-likeness (QED) is 0.751. The van der Waals surface area contributed by atoms with Crippen molar-refractivity contribution in [2.75, 3.05) is 13.1 Å². The maximum absolute atomic E-state index is 12.1. The van der Waals surface area contributed by atoms with Crippen LogP contribution in [0.15, 0.2) is 17.5 Å². The van der Waals surface area contributed by atoms with Gasteiger partial charge in [0.2, 0.25) is 5.91 Å². The first-order valence-electron chi connectivity index (χ1n) is 6.64. The van der Waals surface area contributed by atoms with Crippen LogP contribution >= 0.6 is 23.6 Å². The zero-order valence-corrected chi connectivity index (χ0v) is 13.2. The molecule has 0 spiro atoms. The van der Waals surface area contributed by atoms with E-state index < -0.39 is 0 Å². The van der Waals surface area contributed by atoms with Gasteiger partial charge in [-0.2, -0.15) is 0 Å². The zero-order valence-electron chi connectivity index (χ0n) is 11.6. The lowest BCUT2D eigenvalue weighted by Crippen LogP contribution is -2.38. The third kappa shape index (κ3) is 5.70. The molecule has 3 nitrogen and oxygen atoms in total. The van der Waals surface area contributed by atoms with Crippen LogP contribution in [0.1, 0.15) is 31.6 Å². The molecule has 0 aliphatic rings. The van der Waals surface area contributed by atoms with E-state index in [-0.39, 0.29) is 11.8 Å². The summed E-state index contributed by atoms with van der Waals surface area (Å²) in [5.74, 6) is 0.276. The number of carbonyl (C=O) groups excluding carboxylic acids is 1. The third-order valence-corrected chi connectivity index (χ3v) is 4.45. The van der Waals surface area contributed by atoms with Gasteiger partial charge in [0.05, 0.1) is 4.99 Å². The molecule has 1 rings (SSSR count). The monoisotopic (exact) mass is 298 g/mol. The van der Waals surface area contributed by atoms with Crippen molar-refractivity contribution in [3.8, 4) is 0 Å². The summed E-state index contributed by atoms with van der Waals surface area (Å²) >= 11 is 6.70. The van der Waals surface area contributed by atoms with E-state index in [1.54, 1.807) is 11.3 Å². The number of thiocarbonyl (C=S) groups is 1. The van der Waals surface area contributed by atoms with Crippen LogP contribution in [0.5, 0.6) is 0 Å². The molecule has 0 bridgehead atoms. The lowest BCUT2D eigenvalue weighted by atomic mass is 10.1. The fourth-order valence-corrected chi connectivity index (χ4v) is 2.68. The summed E-state index contributed by atoms with van der Waals surface area (Å²) in [5, 5.41) is 2.07. The second kappa shape index (κ2) is 8.27. The van der Waals surface area contributed by atoms with Gasteiger partial charge in [0.15, 0.2) is 0 Å². The highest BCUT2D eigenvalue weighted by Crippen LogP contribution is 2.13. The van der Waals surface area contributed by atoms with Crippen molar-refractivity contribution in [2.24, 2.45) is 11.7 Å². The molecule has 0 saturated carbocycles. The number of aryl methyl sites for hydroxylation is 1. The van der Waals surface area contributed by atoms with Crippen molar-refractivity contribution >= 4 is 34.5 Å². The van der Waals surface area contributed by atoms with E-state index in [1.165, 1.54) is 4.88 Å². The van der Waals surface area contributed by atoms with Crippen molar-refractivity contribution in [1.29, 1.82) is 0 Å². The number of nitrogens with two attached hydrogens (primary N) is 1. The largest absolute Gasteiger partial charge is 0.393 e. The van der Waals surface area contributed by atoms with Crippen LogP contribution in [0.2, 0.25) is 0 Å². The molecular weight excluding hydrogens is 276 g/mol. The molecule has 0 fully saturated rings. The molecule has 106 valence electrons. The first-order chi connectivity index (χ1) is 9.04. The summed E-state index contributed by atoms with van der Waals surface area (Å²) in [6, 6.07) is 4.16. The molecule has 1 unspecified atom stereocenters. The van der Waals surface area contributed by atoms with Gasteiger partial charge in [0, 0.05) is 30.3 Å². The highest BCUT2D eigenvalue weighted by Gasteiger charge is 2.16. The molecule has 2 N–H and O–H groups in total. The van der Waals surface area contributed by atoms with Gasteiger partial charge in [-0.15, -0.1) is 11.3 Å². The molecule has 1 aromatic heterocycles. The number of amides is 1. The molecule has 1 heterocycles. The molecule has 0 aliphatic heterocycles. The molecule has 0 aliphatic carbocycles. The highest BCUT2D eigenvalue weighted by molar-refractivity contribution is 7.80. The normalized spacial score (nSPS) is 12.1. The van der Waals surface area contributed by atoms with Gasteiger partial charge in [0.1, 0.15) is 0 Å². The van der Waals surface area contributed by atoms with Gasteiger partial charge in [0.25, 0.3) is 0 Å². The average molecular weight is 298 g/mol. The second-order valence-corrected chi connectivity index (χ2v) is 6.17. The van der Waals surface area contributed by atoms with Crippen LogP contribution in [0, 0.1) is 5.92 Å². The van der Waals surface area contributed by atoms with Crippen molar-refractivity contribution in [1.82, 2.24) is 4.90 Å². The summed E-state index contributed by atoms with van der Waals surface area (Å²) < 4.78 is 0. The number of hydrogen-bond acceptors (Lipinski definition) is 3. The van der Waals surface area contributed by atoms with Crippen LogP contribution in [0.25, 0.3) is 0 Å². The first kappa shape index (κ1) is 16.1. The Bertz CT molecular complexity index is 404. The SMILES string of the molecule is CCN(CC(C)C(N)=S)C(=O)CCCc1cccs1. The number of nitrogens with zero attached hydrogens (tertiary/aromatic N) is 1. The Balaban J connectivity index is 2.34. The van der Waals surface area contributed by atoms with Crippen molar-refractivity contribution in [2.45, 2.75) is 33.1 Å². The van der Waals surface area contributed by atoms with Crippen LogP contribution < -0.4 is 5.73 Å². The van der Waals surface area contributed by atoms with Gasteiger partial charge in [-0.3, -0.25) is 4.79 Å². The Morgan fingerprint density at radius 2 is 2.32 bits per heavy atom. The first-order valence-corrected chi connectivity index (χ1v) is 7.92. The van der Waals surface area contributed by atoms with Crippen LogP contribution in [0.3, 0.4) is 0 Å². The van der Waals surface area contributed by atoms with E-state index in [1.807, 2.05) is 24.8 Å². The van der Waals surface area contributed by atoms with E-state index in [9.17, 15) is 4.79 Å². The summed E-state index contributed by atoms with van der Waals surface area (Å²) in [4.78, 5) is 15.8. The minimum absolute atomic E-state index is 0.0798. The summed E-state index contributed by atoms with van der Waals surface area (Å²) in [7, 11) is 0. The van der Waals surface area contributed by atoms with Crippen molar-refractivity contribution in [3.05, 3.63) is 22.4 Å². The van der Waals surface area contributed by atoms with Crippen molar-refractivity contribution in [3.63, 3.8) is 0 Å². The lowest BCUT2D eigenvalue weighted by Gasteiger charge is -2.24. The molecule has 0 aromatic carbocycles. The van der Waals surface area contributed by atoms with Gasteiger partial charge < -0.3 is 10.6 Å².